The largest absolute Gasteiger partial charge is 0.293 e. The highest BCUT2D eigenvalue weighted by molar-refractivity contribution is 8.18. The minimum Gasteiger partial charge on any atom is -0.268 e. The quantitative estimate of drug-likeness (QED) is 0.537. The third kappa shape index (κ3) is 3.86. The monoisotopic (exact) mass is 375 g/mol. The summed E-state index contributed by atoms with van der Waals surface area (Å²) >= 11 is 8.49. The molecule has 2 aromatic carbocycles. The van der Waals surface area contributed by atoms with Gasteiger partial charge in [-0.2, -0.15) is 0 Å². The van der Waals surface area contributed by atoms with Crippen LogP contribution in [0.25, 0.3) is 6.08 Å². The van der Waals surface area contributed by atoms with Gasteiger partial charge in [0, 0.05) is 9.92 Å². The molecule has 1 fully saturated rings. The Morgan fingerprint density at radius 3 is 2.38 bits per heavy atom. The van der Waals surface area contributed by atoms with Gasteiger partial charge in [-0.1, -0.05) is 35.9 Å². The average Bonchev–Trinajstić information content (AvgIpc) is 2.85. The molecule has 0 unspecified atom stereocenters. The van der Waals surface area contributed by atoms with Crippen molar-refractivity contribution in [2.75, 3.05) is 6.26 Å². The van der Waals surface area contributed by atoms with Gasteiger partial charge in [-0.25, -0.2) is 0 Å². The number of benzene rings is 2. The summed E-state index contributed by atoms with van der Waals surface area (Å²) in [6, 6.07) is 15.0. The van der Waals surface area contributed by atoms with E-state index < -0.39 is 0 Å². The molecule has 1 aliphatic rings. The number of hydrogen-bond acceptors (Lipinski definition) is 4. The first kappa shape index (κ1) is 17.1. The normalized spacial score (nSPS) is 16.2. The number of carbonyl (C=O) groups is 2. The Morgan fingerprint density at radius 1 is 1.08 bits per heavy atom. The minimum atomic E-state index is -0.256. The van der Waals surface area contributed by atoms with E-state index in [1.807, 2.05) is 42.7 Å². The van der Waals surface area contributed by atoms with Crippen LogP contribution in [0.5, 0.6) is 0 Å². The zero-order chi connectivity index (χ0) is 17.1. The predicted molar refractivity (Wildman–Crippen MR) is 101 cm³/mol. The summed E-state index contributed by atoms with van der Waals surface area (Å²) in [7, 11) is 0. The van der Waals surface area contributed by atoms with Gasteiger partial charge in [-0.15, -0.1) is 11.8 Å². The Kier molecular flexibility index (Phi) is 5.33. The standard InChI is InChI=1S/C18H14ClNO2S2/c1-23-15-8-4-12(5-9-15)10-16-17(21)20(18(22)24-16)11-13-2-6-14(19)7-3-13/h2-10H,11H2,1H3/b16-10+. The van der Waals surface area contributed by atoms with Gasteiger partial charge in [-0.3, -0.25) is 14.5 Å². The zero-order valence-electron chi connectivity index (χ0n) is 12.9. The topological polar surface area (TPSA) is 37.4 Å². The van der Waals surface area contributed by atoms with Crippen molar-refractivity contribution in [3.63, 3.8) is 0 Å². The highest BCUT2D eigenvalue weighted by atomic mass is 35.5. The molecule has 2 aromatic rings. The van der Waals surface area contributed by atoms with Crippen LogP contribution >= 0.6 is 35.1 Å². The third-order valence-electron chi connectivity index (χ3n) is 3.54. The molecular weight excluding hydrogens is 362 g/mol. The molecule has 0 N–H and O–H groups in total. The lowest BCUT2D eigenvalue weighted by Crippen LogP contribution is -2.27. The zero-order valence-corrected chi connectivity index (χ0v) is 15.3. The molecular formula is C18H14ClNO2S2. The van der Waals surface area contributed by atoms with Crippen LogP contribution in [-0.4, -0.2) is 22.3 Å². The Labute approximate surface area is 154 Å². The van der Waals surface area contributed by atoms with E-state index in [4.69, 9.17) is 11.6 Å². The maximum absolute atomic E-state index is 12.5. The van der Waals surface area contributed by atoms with E-state index in [2.05, 4.69) is 0 Å². The first-order valence-electron chi connectivity index (χ1n) is 7.20. The highest BCUT2D eigenvalue weighted by Crippen LogP contribution is 2.33. The van der Waals surface area contributed by atoms with Crippen molar-refractivity contribution in [3.05, 3.63) is 69.6 Å². The highest BCUT2D eigenvalue weighted by Gasteiger charge is 2.34. The summed E-state index contributed by atoms with van der Waals surface area (Å²) in [4.78, 5) is 27.5. The van der Waals surface area contributed by atoms with Gasteiger partial charge in [-0.05, 0) is 59.5 Å². The molecule has 0 aromatic heterocycles. The molecule has 0 spiro atoms. The van der Waals surface area contributed by atoms with E-state index in [0.717, 1.165) is 27.8 Å². The van der Waals surface area contributed by atoms with E-state index in [0.29, 0.717) is 9.93 Å². The maximum atomic E-state index is 12.5. The number of thioether (sulfide) groups is 2. The second-order valence-electron chi connectivity index (χ2n) is 5.17. The van der Waals surface area contributed by atoms with Crippen molar-refractivity contribution in [2.24, 2.45) is 0 Å². The molecule has 2 amide bonds. The number of carbonyl (C=O) groups excluding carboxylic acids is 2. The Bertz CT molecular complexity index is 801. The Hall–Kier alpha value is -1.69. The second kappa shape index (κ2) is 7.47. The van der Waals surface area contributed by atoms with E-state index in [1.165, 1.54) is 4.90 Å². The van der Waals surface area contributed by atoms with Crippen LogP contribution in [0.2, 0.25) is 5.02 Å². The molecule has 1 saturated heterocycles. The second-order valence-corrected chi connectivity index (χ2v) is 7.48. The van der Waals surface area contributed by atoms with Crippen molar-refractivity contribution < 1.29 is 9.59 Å². The molecule has 0 bridgehead atoms. The average molecular weight is 376 g/mol. The van der Waals surface area contributed by atoms with Crippen LogP contribution in [0.1, 0.15) is 11.1 Å². The summed E-state index contributed by atoms with van der Waals surface area (Å²) in [5.41, 5.74) is 1.78. The van der Waals surface area contributed by atoms with Gasteiger partial charge < -0.3 is 0 Å². The van der Waals surface area contributed by atoms with Crippen molar-refractivity contribution in [3.8, 4) is 0 Å². The molecule has 0 atom stereocenters. The molecule has 0 saturated carbocycles. The number of imide groups is 1. The van der Waals surface area contributed by atoms with Crippen LogP contribution in [0.15, 0.2) is 58.3 Å². The first-order chi connectivity index (χ1) is 11.6. The van der Waals surface area contributed by atoms with Crippen LogP contribution in [0.3, 0.4) is 0 Å². The van der Waals surface area contributed by atoms with Crippen LogP contribution < -0.4 is 0 Å². The van der Waals surface area contributed by atoms with E-state index in [1.54, 1.807) is 30.0 Å². The predicted octanol–water partition coefficient (Wildman–Crippen LogP) is 5.30. The number of amides is 2. The fourth-order valence-corrected chi connectivity index (χ4v) is 3.63. The summed E-state index contributed by atoms with van der Waals surface area (Å²) in [5, 5.41) is 0.378. The fraction of sp³-hybridized carbons (Fsp3) is 0.111. The molecule has 3 nitrogen and oxygen atoms in total. The van der Waals surface area contributed by atoms with Crippen LogP contribution in [-0.2, 0) is 11.3 Å². The van der Waals surface area contributed by atoms with Crippen molar-refractivity contribution in [2.45, 2.75) is 11.4 Å². The molecule has 1 aliphatic heterocycles. The summed E-state index contributed by atoms with van der Waals surface area (Å²) in [6.45, 7) is 0.255. The van der Waals surface area contributed by atoms with Gasteiger partial charge in [0.05, 0.1) is 11.4 Å². The smallest absolute Gasteiger partial charge is 0.268 e. The van der Waals surface area contributed by atoms with Crippen molar-refractivity contribution >= 4 is 52.3 Å². The summed E-state index contributed by atoms with van der Waals surface area (Å²) in [6.07, 6.45) is 3.77. The van der Waals surface area contributed by atoms with Gasteiger partial charge in [0.1, 0.15) is 0 Å². The SMILES string of the molecule is CSc1ccc(/C=C2/SC(=O)N(Cc3ccc(Cl)cc3)C2=O)cc1. The number of nitrogens with zero attached hydrogens (tertiary/aromatic N) is 1. The first-order valence-corrected chi connectivity index (χ1v) is 9.62. The lowest BCUT2D eigenvalue weighted by atomic mass is 10.2. The molecule has 122 valence electrons. The molecule has 0 aliphatic carbocycles. The molecule has 24 heavy (non-hydrogen) atoms. The Morgan fingerprint density at radius 2 is 1.75 bits per heavy atom. The maximum Gasteiger partial charge on any atom is 0.293 e. The van der Waals surface area contributed by atoms with E-state index in [-0.39, 0.29) is 17.7 Å². The molecule has 1 heterocycles. The Balaban J connectivity index is 1.77. The lowest BCUT2D eigenvalue weighted by Gasteiger charge is -2.12. The molecule has 6 heteroatoms. The lowest BCUT2D eigenvalue weighted by molar-refractivity contribution is -0.123. The van der Waals surface area contributed by atoms with Gasteiger partial charge >= 0.3 is 0 Å². The van der Waals surface area contributed by atoms with E-state index >= 15 is 0 Å². The minimum absolute atomic E-state index is 0.248. The fourth-order valence-electron chi connectivity index (χ4n) is 2.26. The van der Waals surface area contributed by atoms with Crippen molar-refractivity contribution in [1.29, 1.82) is 0 Å². The van der Waals surface area contributed by atoms with E-state index in [9.17, 15) is 9.59 Å². The van der Waals surface area contributed by atoms with Gasteiger partial charge in [0.2, 0.25) is 0 Å². The van der Waals surface area contributed by atoms with Crippen LogP contribution in [0.4, 0.5) is 4.79 Å². The number of halogens is 1. The molecule has 3 rings (SSSR count). The summed E-state index contributed by atoms with van der Waals surface area (Å²) in [5.74, 6) is -0.256. The van der Waals surface area contributed by atoms with Gasteiger partial charge in [0.25, 0.3) is 11.1 Å². The van der Waals surface area contributed by atoms with Gasteiger partial charge in [0.15, 0.2) is 0 Å². The van der Waals surface area contributed by atoms with Crippen molar-refractivity contribution in [1.82, 2.24) is 4.90 Å². The third-order valence-corrected chi connectivity index (χ3v) is 5.44. The number of hydrogen-bond donors (Lipinski definition) is 0. The number of rotatable bonds is 4. The van der Waals surface area contributed by atoms with Crippen LogP contribution in [0, 0.1) is 0 Å². The summed E-state index contributed by atoms with van der Waals surface area (Å²) < 4.78 is 0. The molecule has 0 radical (unpaired) electrons.